The molecular formula is C25H24F2N2O5. The third kappa shape index (κ3) is 5.43. The van der Waals surface area contributed by atoms with Gasteiger partial charge in [0.1, 0.15) is 28.6 Å². The number of rotatable bonds is 9. The van der Waals surface area contributed by atoms with E-state index in [9.17, 15) is 18.4 Å². The SMILES string of the molecule is CCOc1cccc(F)c1NC(=O)c1ccc(OC)c(C(=O)Nc2c(F)cccc2OCC)c1. The maximum absolute atomic E-state index is 14.4. The van der Waals surface area contributed by atoms with Gasteiger partial charge in [0.2, 0.25) is 0 Å². The second kappa shape index (κ2) is 11.1. The number of hydrogen-bond donors (Lipinski definition) is 2. The number of para-hydroxylation sites is 2. The van der Waals surface area contributed by atoms with Crippen LogP contribution in [0.5, 0.6) is 17.2 Å². The van der Waals surface area contributed by atoms with E-state index >= 15 is 0 Å². The highest BCUT2D eigenvalue weighted by Gasteiger charge is 2.21. The Labute approximate surface area is 195 Å². The molecule has 0 aromatic heterocycles. The summed E-state index contributed by atoms with van der Waals surface area (Å²) in [5.74, 6) is -2.27. The quantitative estimate of drug-likeness (QED) is 0.445. The van der Waals surface area contributed by atoms with Crippen LogP contribution >= 0.6 is 0 Å². The van der Waals surface area contributed by atoms with Crippen molar-refractivity contribution in [3.8, 4) is 17.2 Å². The van der Waals surface area contributed by atoms with Crippen LogP contribution in [-0.2, 0) is 0 Å². The van der Waals surface area contributed by atoms with E-state index < -0.39 is 23.4 Å². The smallest absolute Gasteiger partial charge is 0.259 e. The van der Waals surface area contributed by atoms with E-state index in [0.717, 1.165) is 0 Å². The van der Waals surface area contributed by atoms with Gasteiger partial charge in [0.25, 0.3) is 11.8 Å². The summed E-state index contributed by atoms with van der Waals surface area (Å²) in [4.78, 5) is 25.9. The van der Waals surface area contributed by atoms with Crippen molar-refractivity contribution < 1.29 is 32.6 Å². The fourth-order valence-electron chi connectivity index (χ4n) is 3.20. The van der Waals surface area contributed by atoms with Crippen molar-refractivity contribution in [2.24, 2.45) is 0 Å². The van der Waals surface area contributed by atoms with Crippen LogP contribution < -0.4 is 24.8 Å². The minimum absolute atomic E-state index is 0.0283. The van der Waals surface area contributed by atoms with Crippen molar-refractivity contribution in [2.75, 3.05) is 31.0 Å². The van der Waals surface area contributed by atoms with E-state index in [0.29, 0.717) is 0 Å². The zero-order chi connectivity index (χ0) is 24.7. The van der Waals surface area contributed by atoms with Gasteiger partial charge in [0.15, 0.2) is 11.6 Å². The number of benzene rings is 3. The number of hydrogen-bond acceptors (Lipinski definition) is 5. The Hall–Kier alpha value is -4.14. The fourth-order valence-corrected chi connectivity index (χ4v) is 3.20. The second-order valence-corrected chi connectivity index (χ2v) is 6.92. The number of halogens is 2. The number of methoxy groups -OCH3 is 1. The number of nitrogens with one attached hydrogen (secondary N) is 2. The largest absolute Gasteiger partial charge is 0.496 e. The lowest BCUT2D eigenvalue weighted by atomic mass is 10.1. The van der Waals surface area contributed by atoms with Crippen LogP contribution in [0.2, 0.25) is 0 Å². The summed E-state index contributed by atoms with van der Waals surface area (Å²) in [6.45, 7) is 4.01. The third-order valence-corrected chi connectivity index (χ3v) is 4.73. The Morgan fingerprint density at radius 2 is 1.29 bits per heavy atom. The highest BCUT2D eigenvalue weighted by atomic mass is 19.1. The first-order valence-corrected chi connectivity index (χ1v) is 10.5. The molecule has 3 aromatic carbocycles. The molecule has 0 aliphatic rings. The molecule has 3 rings (SSSR count). The number of anilines is 2. The first-order chi connectivity index (χ1) is 16.4. The van der Waals surface area contributed by atoms with Crippen molar-refractivity contribution in [2.45, 2.75) is 13.8 Å². The van der Waals surface area contributed by atoms with E-state index in [-0.39, 0.29) is 53.0 Å². The van der Waals surface area contributed by atoms with Crippen LogP contribution in [0.1, 0.15) is 34.6 Å². The average molecular weight is 470 g/mol. The van der Waals surface area contributed by atoms with E-state index in [1.54, 1.807) is 13.8 Å². The molecule has 2 N–H and O–H groups in total. The lowest BCUT2D eigenvalue weighted by molar-refractivity contribution is 0.102. The molecule has 0 unspecified atom stereocenters. The van der Waals surface area contributed by atoms with Crippen LogP contribution in [0.15, 0.2) is 54.6 Å². The molecule has 0 saturated carbocycles. The van der Waals surface area contributed by atoms with Crippen molar-refractivity contribution in [1.29, 1.82) is 0 Å². The van der Waals surface area contributed by atoms with E-state index in [2.05, 4.69) is 10.6 Å². The fraction of sp³-hybridized carbons (Fsp3) is 0.200. The summed E-state index contributed by atoms with van der Waals surface area (Å²) in [6.07, 6.45) is 0. The zero-order valence-electron chi connectivity index (χ0n) is 18.9. The van der Waals surface area contributed by atoms with Crippen LogP contribution in [-0.4, -0.2) is 32.1 Å². The normalized spacial score (nSPS) is 10.4. The topological polar surface area (TPSA) is 85.9 Å². The van der Waals surface area contributed by atoms with Gasteiger partial charge in [-0.1, -0.05) is 12.1 Å². The lowest BCUT2D eigenvalue weighted by Gasteiger charge is -2.15. The van der Waals surface area contributed by atoms with E-state index in [1.807, 2.05) is 0 Å². The standard InChI is InChI=1S/C25H24F2N2O5/c1-4-33-20-10-6-8-17(26)22(20)28-24(30)15-12-13-19(32-3)16(14-15)25(31)29-23-18(27)9-7-11-21(23)34-5-2/h6-14H,4-5H2,1-3H3,(H,28,30)(H,29,31). The average Bonchev–Trinajstić information content (AvgIpc) is 2.83. The monoisotopic (exact) mass is 470 g/mol. The molecule has 0 spiro atoms. The molecule has 3 aromatic rings. The maximum atomic E-state index is 14.4. The van der Waals surface area contributed by atoms with Gasteiger partial charge in [-0.05, 0) is 56.3 Å². The predicted octanol–water partition coefficient (Wildman–Crippen LogP) is 5.28. The molecule has 0 heterocycles. The molecule has 0 saturated heterocycles. The van der Waals surface area contributed by atoms with E-state index in [1.165, 1.54) is 61.7 Å². The Morgan fingerprint density at radius 1 is 0.765 bits per heavy atom. The second-order valence-electron chi connectivity index (χ2n) is 6.92. The lowest BCUT2D eigenvalue weighted by Crippen LogP contribution is -2.18. The number of amides is 2. The van der Waals surface area contributed by atoms with Gasteiger partial charge in [-0.25, -0.2) is 8.78 Å². The summed E-state index contributed by atoms with van der Waals surface area (Å²) in [7, 11) is 1.36. The van der Waals surface area contributed by atoms with Gasteiger partial charge in [-0.15, -0.1) is 0 Å². The van der Waals surface area contributed by atoms with Gasteiger partial charge in [-0.3, -0.25) is 9.59 Å². The Balaban J connectivity index is 1.91. The minimum Gasteiger partial charge on any atom is -0.496 e. The molecule has 178 valence electrons. The van der Waals surface area contributed by atoms with Crippen molar-refractivity contribution in [3.05, 3.63) is 77.4 Å². The van der Waals surface area contributed by atoms with Crippen molar-refractivity contribution in [3.63, 3.8) is 0 Å². The number of ether oxygens (including phenoxy) is 3. The molecule has 7 nitrogen and oxygen atoms in total. The molecule has 0 aliphatic carbocycles. The molecule has 9 heteroatoms. The molecule has 0 fully saturated rings. The molecule has 0 aliphatic heterocycles. The maximum Gasteiger partial charge on any atom is 0.259 e. The van der Waals surface area contributed by atoms with Gasteiger partial charge < -0.3 is 24.8 Å². The van der Waals surface area contributed by atoms with Gasteiger partial charge >= 0.3 is 0 Å². The summed E-state index contributed by atoms with van der Waals surface area (Å²) in [5.41, 5.74) is -0.238. The van der Waals surface area contributed by atoms with E-state index in [4.69, 9.17) is 14.2 Å². The number of carbonyl (C=O) groups excluding carboxylic acids is 2. The van der Waals surface area contributed by atoms with Crippen LogP contribution in [0.25, 0.3) is 0 Å². The molecule has 0 bridgehead atoms. The first kappa shape index (κ1) is 24.5. The molecule has 0 atom stereocenters. The highest BCUT2D eigenvalue weighted by Crippen LogP contribution is 2.31. The van der Waals surface area contributed by atoms with Crippen LogP contribution in [0.4, 0.5) is 20.2 Å². The molecule has 2 amide bonds. The van der Waals surface area contributed by atoms with Crippen LogP contribution in [0.3, 0.4) is 0 Å². The van der Waals surface area contributed by atoms with Crippen molar-refractivity contribution in [1.82, 2.24) is 0 Å². The molecule has 0 radical (unpaired) electrons. The Morgan fingerprint density at radius 3 is 1.79 bits per heavy atom. The zero-order valence-corrected chi connectivity index (χ0v) is 18.9. The predicted molar refractivity (Wildman–Crippen MR) is 124 cm³/mol. The van der Waals surface area contributed by atoms with Crippen LogP contribution in [0, 0.1) is 11.6 Å². The Kier molecular flexibility index (Phi) is 8.02. The number of carbonyl (C=O) groups is 2. The third-order valence-electron chi connectivity index (χ3n) is 4.73. The van der Waals surface area contributed by atoms with Gasteiger partial charge in [0, 0.05) is 5.56 Å². The summed E-state index contributed by atoms with van der Waals surface area (Å²) in [6, 6.07) is 12.4. The molecular weight excluding hydrogens is 446 g/mol. The van der Waals surface area contributed by atoms with Crippen molar-refractivity contribution >= 4 is 23.2 Å². The van der Waals surface area contributed by atoms with Gasteiger partial charge in [-0.2, -0.15) is 0 Å². The molecule has 34 heavy (non-hydrogen) atoms. The Bertz CT molecular complexity index is 1200. The summed E-state index contributed by atoms with van der Waals surface area (Å²) in [5, 5.41) is 4.95. The minimum atomic E-state index is -0.724. The summed E-state index contributed by atoms with van der Waals surface area (Å²) >= 11 is 0. The van der Waals surface area contributed by atoms with Gasteiger partial charge in [0.05, 0.1) is 25.9 Å². The first-order valence-electron chi connectivity index (χ1n) is 10.5. The summed E-state index contributed by atoms with van der Waals surface area (Å²) < 4.78 is 44.7. The highest BCUT2D eigenvalue weighted by molar-refractivity contribution is 6.10.